The van der Waals surface area contributed by atoms with Gasteiger partial charge in [-0.25, -0.2) is 4.79 Å². The van der Waals surface area contributed by atoms with Gasteiger partial charge in [-0.05, 0) is 6.92 Å². The lowest BCUT2D eigenvalue weighted by Gasteiger charge is -2.05. The molecule has 0 aromatic carbocycles. The van der Waals surface area contributed by atoms with Crippen LogP contribution in [0.5, 0.6) is 0 Å². The van der Waals surface area contributed by atoms with E-state index in [0.29, 0.717) is 5.56 Å². The van der Waals surface area contributed by atoms with E-state index in [0.717, 1.165) is 0 Å². The molecule has 88 valence electrons. The van der Waals surface area contributed by atoms with E-state index >= 15 is 0 Å². The molecule has 1 aromatic heterocycles. The van der Waals surface area contributed by atoms with Crippen LogP contribution in [0.25, 0.3) is 0 Å². The van der Waals surface area contributed by atoms with Gasteiger partial charge < -0.3 is 20.1 Å². The summed E-state index contributed by atoms with van der Waals surface area (Å²) in [6.07, 6.45) is -0.133. The van der Waals surface area contributed by atoms with Gasteiger partial charge in [-0.1, -0.05) is 5.16 Å². The zero-order chi connectivity index (χ0) is 12.1. The predicted octanol–water partition coefficient (Wildman–Crippen LogP) is -0.452. The van der Waals surface area contributed by atoms with Gasteiger partial charge in [-0.2, -0.15) is 0 Å². The minimum absolute atomic E-state index is 0.0481. The van der Waals surface area contributed by atoms with Crippen molar-refractivity contribution in [3.63, 3.8) is 0 Å². The van der Waals surface area contributed by atoms with Crippen LogP contribution in [0.1, 0.15) is 22.5 Å². The van der Waals surface area contributed by atoms with E-state index in [1.54, 1.807) is 6.92 Å². The van der Waals surface area contributed by atoms with E-state index in [2.05, 4.69) is 10.5 Å². The first-order valence-corrected chi connectivity index (χ1v) is 4.62. The second-order valence-corrected chi connectivity index (χ2v) is 3.24. The smallest absolute Gasteiger partial charge is 0.332 e. The summed E-state index contributed by atoms with van der Waals surface area (Å²) in [5, 5.41) is 23.2. The molecule has 1 aromatic rings. The van der Waals surface area contributed by atoms with Gasteiger partial charge in [0.1, 0.15) is 0 Å². The van der Waals surface area contributed by atoms with Crippen LogP contribution in [0, 0.1) is 6.92 Å². The quantitative estimate of drug-likeness (QED) is 0.629. The number of carboxylic acid groups (broad SMARTS) is 1. The Morgan fingerprint density at radius 1 is 1.62 bits per heavy atom. The van der Waals surface area contributed by atoms with E-state index in [-0.39, 0.29) is 18.7 Å². The summed E-state index contributed by atoms with van der Waals surface area (Å²) in [5.74, 6) is -1.71. The summed E-state index contributed by atoms with van der Waals surface area (Å²) in [4.78, 5) is 21.7. The summed E-state index contributed by atoms with van der Waals surface area (Å²) in [6.45, 7) is 1.71. The highest BCUT2D eigenvalue weighted by molar-refractivity contribution is 5.92. The largest absolute Gasteiger partial charge is 0.479 e. The van der Waals surface area contributed by atoms with Crippen molar-refractivity contribution in [3.05, 3.63) is 17.5 Å². The number of aliphatic hydroxyl groups is 1. The Morgan fingerprint density at radius 2 is 2.31 bits per heavy atom. The fraction of sp³-hybridized carbons (Fsp3) is 0.444. The molecule has 0 saturated carbocycles. The van der Waals surface area contributed by atoms with E-state index in [1.165, 1.54) is 6.20 Å². The van der Waals surface area contributed by atoms with E-state index < -0.39 is 18.0 Å². The van der Waals surface area contributed by atoms with Gasteiger partial charge in [0.05, 0.1) is 6.20 Å². The highest BCUT2D eigenvalue weighted by Gasteiger charge is 2.16. The first-order valence-electron chi connectivity index (χ1n) is 4.62. The highest BCUT2D eigenvalue weighted by Crippen LogP contribution is 2.05. The van der Waals surface area contributed by atoms with Crippen molar-refractivity contribution in [1.29, 1.82) is 0 Å². The summed E-state index contributed by atoms with van der Waals surface area (Å²) >= 11 is 0. The highest BCUT2D eigenvalue weighted by atomic mass is 16.5. The molecule has 1 amide bonds. The number of carboxylic acids is 1. The van der Waals surface area contributed by atoms with Gasteiger partial charge in [-0.3, -0.25) is 4.79 Å². The Hall–Kier alpha value is -1.89. The molecule has 1 unspecified atom stereocenters. The first kappa shape index (κ1) is 12.2. The molecule has 0 aliphatic carbocycles. The Morgan fingerprint density at radius 3 is 2.81 bits per heavy atom. The van der Waals surface area contributed by atoms with Crippen molar-refractivity contribution < 1.29 is 24.3 Å². The number of amides is 1. The number of rotatable bonds is 5. The van der Waals surface area contributed by atoms with Gasteiger partial charge in [0.25, 0.3) is 5.91 Å². The third-order valence-electron chi connectivity index (χ3n) is 1.94. The number of carbonyl (C=O) groups is 2. The fourth-order valence-corrected chi connectivity index (χ4v) is 1.04. The SMILES string of the molecule is Cc1cnoc1C(=O)NCCC(O)C(=O)O. The van der Waals surface area contributed by atoms with Crippen molar-refractivity contribution in [1.82, 2.24) is 10.5 Å². The van der Waals surface area contributed by atoms with Gasteiger partial charge in [-0.15, -0.1) is 0 Å². The molecule has 3 N–H and O–H groups in total. The molecule has 0 aliphatic heterocycles. The molecule has 0 saturated heterocycles. The molecule has 1 heterocycles. The molecule has 0 aliphatic rings. The molecule has 7 nitrogen and oxygen atoms in total. The van der Waals surface area contributed by atoms with Crippen LogP contribution in [-0.2, 0) is 4.79 Å². The topological polar surface area (TPSA) is 113 Å². The Balaban J connectivity index is 2.37. The molecule has 1 atom stereocenters. The van der Waals surface area contributed by atoms with Crippen molar-refractivity contribution in [2.45, 2.75) is 19.4 Å². The minimum Gasteiger partial charge on any atom is -0.479 e. The van der Waals surface area contributed by atoms with Crippen LogP contribution < -0.4 is 5.32 Å². The van der Waals surface area contributed by atoms with Gasteiger partial charge in [0.2, 0.25) is 5.76 Å². The molecule has 0 fully saturated rings. The number of nitrogens with one attached hydrogen (secondary N) is 1. The summed E-state index contributed by atoms with van der Waals surface area (Å²) < 4.78 is 4.69. The van der Waals surface area contributed by atoms with Crippen molar-refractivity contribution in [3.8, 4) is 0 Å². The number of hydrogen-bond donors (Lipinski definition) is 3. The molecule has 0 radical (unpaired) electrons. The molecule has 0 spiro atoms. The second kappa shape index (κ2) is 5.26. The molecule has 1 rings (SSSR count). The van der Waals surface area contributed by atoms with E-state index in [9.17, 15) is 9.59 Å². The maximum atomic E-state index is 11.4. The number of aliphatic carboxylic acids is 1. The van der Waals surface area contributed by atoms with Crippen LogP contribution in [0.3, 0.4) is 0 Å². The van der Waals surface area contributed by atoms with Crippen LogP contribution >= 0.6 is 0 Å². The molecule has 16 heavy (non-hydrogen) atoms. The van der Waals surface area contributed by atoms with Gasteiger partial charge in [0.15, 0.2) is 6.10 Å². The third-order valence-corrected chi connectivity index (χ3v) is 1.94. The van der Waals surface area contributed by atoms with Crippen molar-refractivity contribution >= 4 is 11.9 Å². The standard InChI is InChI=1S/C9H12N2O5/c1-5-4-11-16-7(5)8(13)10-3-2-6(12)9(14)15/h4,6,12H,2-3H2,1H3,(H,10,13)(H,14,15). The number of nitrogens with zero attached hydrogens (tertiary/aromatic N) is 1. The van der Waals surface area contributed by atoms with Crippen molar-refractivity contribution in [2.24, 2.45) is 0 Å². The summed E-state index contributed by atoms with van der Waals surface area (Å²) in [5.41, 5.74) is 0.594. The van der Waals surface area contributed by atoms with Gasteiger partial charge in [0, 0.05) is 18.5 Å². The zero-order valence-corrected chi connectivity index (χ0v) is 8.64. The average molecular weight is 228 g/mol. The third kappa shape index (κ3) is 3.06. The monoisotopic (exact) mass is 228 g/mol. The van der Waals surface area contributed by atoms with Crippen LogP contribution in [0.2, 0.25) is 0 Å². The number of aromatic nitrogens is 1. The zero-order valence-electron chi connectivity index (χ0n) is 8.64. The maximum Gasteiger partial charge on any atom is 0.332 e. The molecular weight excluding hydrogens is 216 g/mol. The molecule has 0 bridgehead atoms. The van der Waals surface area contributed by atoms with Crippen LogP contribution in [0.15, 0.2) is 10.7 Å². The number of aryl methyl sites for hydroxylation is 1. The van der Waals surface area contributed by atoms with E-state index in [1.807, 2.05) is 0 Å². The van der Waals surface area contributed by atoms with Crippen LogP contribution in [-0.4, -0.2) is 39.9 Å². The lowest BCUT2D eigenvalue weighted by molar-refractivity contribution is -0.146. The Kier molecular flexibility index (Phi) is 4.01. The average Bonchev–Trinajstić information content (AvgIpc) is 2.64. The number of hydrogen-bond acceptors (Lipinski definition) is 5. The normalized spacial score (nSPS) is 12.1. The molecule has 7 heteroatoms. The van der Waals surface area contributed by atoms with Crippen molar-refractivity contribution in [2.75, 3.05) is 6.54 Å². The van der Waals surface area contributed by atoms with E-state index in [4.69, 9.17) is 14.7 Å². The number of carbonyl (C=O) groups excluding carboxylic acids is 1. The Bertz CT molecular complexity index is 387. The predicted molar refractivity (Wildman–Crippen MR) is 51.8 cm³/mol. The maximum absolute atomic E-state index is 11.4. The first-order chi connectivity index (χ1) is 7.52. The summed E-state index contributed by atoms with van der Waals surface area (Å²) in [6, 6.07) is 0. The van der Waals surface area contributed by atoms with Crippen LogP contribution in [0.4, 0.5) is 0 Å². The minimum atomic E-state index is -1.48. The molecular formula is C9H12N2O5. The summed E-state index contributed by atoms with van der Waals surface area (Å²) in [7, 11) is 0. The second-order valence-electron chi connectivity index (χ2n) is 3.24. The number of aliphatic hydroxyl groups excluding tert-OH is 1. The lowest BCUT2D eigenvalue weighted by Crippen LogP contribution is -2.30. The lowest BCUT2D eigenvalue weighted by atomic mass is 10.2. The van der Waals surface area contributed by atoms with Gasteiger partial charge >= 0.3 is 5.97 Å². The fourth-order valence-electron chi connectivity index (χ4n) is 1.04. The Labute approximate surface area is 91.0 Å².